The van der Waals surface area contributed by atoms with E-state index in [9.17, 15) is 14.4 Å². The molecule has 0 atom stereocenters. The topological polar surface area (TPSA) is 86.7 Å². The lowest BCUT2D eigenvalue weighted by Crippen LogP contribution is -2.25. The molecule has 0 unspecified atom stereocenters. The number of carbonyl (C=O) groups is 3. The average molecular weight is 200 g/mol. The Kier molecular flexibility index (Phi) is 4.98. The Morgan fingerprint density at radius 2 is 2.07 bits per heavy atom. The highest BCUT2D eigenvalue weighted by Gasteiger charge is 2.05. The van der Waals surface area contributed by atoms with Gasteiger partial charge in [-0.05, 0) is 6.92 Å². The molecule has 0 heterocycles. The summed E-state index contributed by atoms with van der Waals surface area (Å²) >= 11 is 0. The number of aliphatic carboxylic acids is 1. The zero-order valence-corrected chi connectivity index (χ0v) is 7.98. The standard InChI is InChI=1S/C8H12N2O4/c1-6(8(14)9-5-11)3-10(2)4-7(12)13/h3,5H,4H2,1-2H3,(H,12,13)(H,9,11,14)/b6-3-. The van der Waals surface area contributed by atoms with E-state index in [0.717, 1.165) is 0 Å². The van der Waals surface area contributed by atoms with E-state index in [2.05, 4.69) is 0 Å². The van der Waals surface area contributed by atoms with Gasteiger partial charge in [0.15, 0.2) is 0 Å². The molecule has 0 aromatic heterocycles. The third-order valence-corrected chi connectivity index (χ3v) is 1.35. The maximum absolute atomic E-state index is 11.0. The molecule has 78 valence electrons. The largest absolute Gasteiger partial charge is 0.480 e. The van der Waals surface area contributed by atoms with Gasteiger partial charge in [0.25, 0.3) is 5.91 Å². The summed E-state index contributed by atoms with van der Waals surface area (Å²) in [6.45, 7) is 1.28. The first-order valence-electron chi connectivity index (χ1n) is 3.82. The quantitative estimate of drug-likeness (QED) is 0.447. The first-order chi connectivity index (χ1) is 6.47. The third kappa shape index (κ3) is 4.91. The van der Waals surface area contributed by atoms with Gasteiger partial charge in [0.2, 0.25) is 6.41 Å². The van der Waals surface area contributed by atoms with Gasteiger partial charge in [-0.15, -0.1) is 0 Å². The SMILES string of the molecule is C/C(=C/N(C)CC(=O)O)C(=O)NC=O. The first kappa shape index (κ1) is 12.2. The summed E-state index contributed by atoms with van der Waals surface area (Å²) in [4.78, 5) is 32.5. The summed E-state index contributed by atoms with van der Waals surface area (Å²) in [7, 11) is 1.52. The van der Waals surface area contributed by atoms with E-state index < -0.39 is 11.9 Å². The highest BCUT2D eigenvalue weighted by Crippen LogP contribution is 1.94. The maximum atomic E-state index is 11.0. The van der Waals surface area contributed by atoms with E-state index >= 15 is 0 Å². The molecule has 2 amide bonds. The van der Waals surface area contributed by atoms with Gasteiger partial charge in [-0.25, -0.2) is 0 Å². The van der Waals surface area contributed by atoms with Gasteiger partial charge in [-0.3, -0.25) is 19.7 Å². The zero-order chi connectivity index (χ0) is 11.1. The van der Waals surface area contributed by atoms with Gasteiger partial charge in [0.05, 0.1) is 0 Å². The van der Waals surface area contributed by atoms with Crippen molar-refractivity contribution in [2.75, 3.05) is 13.6 Å². The van der Waals surface area contributed by atoms with Crippen molar-refractivity contribution in [1.29, 1.82) is 0 Å². The van der Waals surface area contributed by atoms with Crippen LogP contribution in [0, 0.1) is 0 Å². The minimum atomic E-state index is -0.993. The molecule has 2 N–H and O–H groups in total. The number of carboxylic acid groups (broad SMARTS) is 1. The van der Waals surface area contributed by atoms with Gasteiger partial charge >= 0.3 is 5.97 Å². The Hall–Kier alpha value is -1.85. The normalized spacial score (nSPS) is 10.6. The number of hydrogen-bond donors (Lipinski definition) is 2. The third-order valence-electron chi connectivity index (χ3n) is 1.35. The lowest BCUT2D eigenvalue weighted by molar-refractivity contribution is -0.137. The summed E-state index contributed by atoms with van der Waals surface area (Å²) in [6.07, 6.45) is 1.63. The molecule has 0 bridgehead atoms. The van der Waals surface area contributed by atoms with Crippen molar-refractivity contribution in [1.82, 2.24) is 10.2 Å². The molecule has 0 rings (SSSR count). The Labute approximate surface area is 81.2 Å². The number of amides is 2. The van der Waals surface area contributed by atoms with Gasteiger partial charge in [-0.2, -0.15) is 0 Å². The van der Waals surface area contributed by atoms with Crippen molar-refractivity contribution < 1.29 is 19.5 Å². The van der Waals surface area contributed by atoms with Gasteiger partial charge in [-0.1, -0.05) is 0 Å². The van der Waals surface area contributed by atoms with Crippen LogP contribution >= 0.6 is 0 Å². The van der Waals surface area contributed by atoms with E-state index in [1.54, 1.807) is 0 Å². The van der Waals surface area contributed by atoms with Gasteiger partial charge in [0, 0.05) is 18.8 Å². The molecule has 14 heavy (non-hydrogen) atoms. The van der Waals surface area contributed by atoms with Crippen molar-refractivity contribution in [2.45, 2.75) is 6.92 Å². The van der Waals surface area contributed by atoms with Crippen molar-refractivity contribution in [3.8, 4) is 0 Å². The lowest BCUT2D eigenvalue weighted by Gasteiger charge is -2.11. The van der Waals surface area contributed by atoms with Crippen LogP contribution in [0.5, 0.6) is 0 Å². The summed E-state index contributed by atoms with van der Waals surface area (Å²) < 4.78 is 0. The Morgan fingerprint density at radius 3 is 2.50 bits per heavy atom. The monoisotopic (exact) mass is 200 g/mol. The molecule has 0 aromatic carbocycles. The van der Waals surface area contributed by atoms with E-state index in [1.165, 1.54) is 25.1 Å². The summed E-state index contributed by atoms with van der Waals surface area (Å²) in [5, 5.41) is 10.4. The number of carbonyl (C=O) groups excluding carboxylic acids is 2. The fourth-order valence-electron chi connectivity index (χ4n) is 0.816. The van der Waals surface area contributed by atoms with E-state index in [4.69, 9.17) is 5.11 Å². The molecule has 0 spiro atoms. The molecule has 6 nitrogen and oxygen atoms in total. The molecular weight excluding hydrogens is 188 g/mol. The smallest absolute Gasteiger partial charge is 0.323 e. The van der Waals surface area contributed by atoms with Crippen molar-refractivity contribution in [3.05, 3.63) is 11.8 Å². The number of hydrogen-bond acceptors (Lipinski definition) is 4. The molecule has 0 fully saturated rings. The van der Waals surface area contributed by atoms with Crippen molar-refractivity contribution in [3.63, 3.8) is 0 Å². The molecule has 0 radical (unpaired) electrons. The van der Waals surface area contributed by atoms with Crippen molar-refractivity contribution >= 4 is 18.3 Å². The van der Waals surface area contributed by atoms with Crippen molar-refractivity contribution in [2.24, 2.45) is 0 Å². The second kappa shape index (κ2) is 5.74. The number of likely N-dealkylation sites (N-methyl/N-ethyl adjacent to an activating group) is 1. The Morgan fingerprint density at radius 1 is 1.50 bits per heavy atom. The molecular formula is C8H12N2O4. The number of carboxylic acids is 1. The molecule has 0 saturated carbocycles. The molecule has 0 aromatic rings. The van der Waals surface area contributed by atoms with Crippen LogP contribution in [0.15, 0.2) is 11.8 Å². The fraction of sp³-hybridized carbons (Fsp3) is 0.375. The minimum Gasteiger partial charge on any atom is -0.480 e. The van der Waals surface area contributed by atoms with Gasteiger partial charge in [0.1, 0.15) is 6.54 Å². The first-order valence-corrected chi connectivity index (χ1v) is 3.82. The lowest BCUT2D eigenvalue weighted by atomic mass is 10.3. The predicted octanol–water partition coefficient (Wildman–Crippen LogP) is -0.821. The zero-order valence-electron chi connectivity index (χ0n) is 7.98. The molecule has 0 aliphatic rings. The van der Waals surface area contributed by atoms with Crippen LogP contribution in [0.25, 0.3) is 0 Å². The minimum absolute atomic E-state index is 0.203. The van der Waals surface area contributed by atoms with Crippen LogP contribution in [-0.2, 0) is 14.4 Å². The van der Waals surface area contributed by atoms with Crippen LogP contribution < -0.4 is 5.32 Å². The van der Waals surface area contributed by atoms with E-state index in [0.29, 0.717) is 0 Å². The highest BCUT2D eigenvalue weighted by molar-refractivity contribution is 5.98. The second-order valence-corrected chi connectivity index (χ2v) is 2.71. The molecule has 0 aliphatic carbocycles. The van der Waals surface area contributed by atoms with Crippen LogP contribution in [0.3, 0.4) is 0 Å². The molecule has 0 aliphatic heterocycles. The van der Waals surface area contributed by atoms with Crippen LogP contribution in [-0.4, -0.2) is 41.9 Å². The Balaban J connectivity index is 4.27. The highest BCUT2D eigenvalue weighted by atomic mass is 16.4. The Bertz CT molecular complexity index is 273. The predicted molar refractivity (Wildman–Crippen MR) is 48.2 cm³/mol. The summed E-state index contributed by atoms with van der Waals surface area (Å²) in [5.41, 5.74) is 0.265. The van der Waals surface area contributed by atoms with Crippen LogP contribution in [0.4, 0.5) is 0 Å². The summed E-state index contributed by atoms with van der Waals surface area (Å²) in [5.74, 6) is -1.54. The number of nitrogens with zero attached hydrogens (tertiary/aromatic N) is 1. The van der Waals surface area contributed by atoms with E-state index in [1.807, 2.05) is 5.32 Å². The number of rotatable bonds is 5. The van der Waals surface area contributed by atoms with E-state index in [-0.39, 0.29) is 18.5 Å². The van der Waals surface area contributed by atoms with Crippen LogP contribution in [0.1, 0.15) is 6.92 Å². The molecule has 0 saturated heterocycles. The van der Waals surface area contributed by atoms with Gasteiger partial charge < -0.3 is 10.0 Å². The van der Waals surface area contributed by atoms with Crippen LogP contribution in [0.2, 0.25) is 0 Å². The number of nitrogens with one attached hydrogen (secondary N) is 1. The maximum Gasteiger partial charge on any atom is 0.323 e. The molecule has 6 heteroatoms. The fourth-order valence-corrected chi connectivity index (χ4v) is 0.816. The number of imide groups is 1. The summed E-state index contributed by atoms with van der Waals surface area (Å²) in [6, 6.07) is 0. The second-order valence-electron chi connectivity index (χ2n) is 2.71. The average Bonchev–Trinajstić information content (AvgIpc) is 2.02.